The van der Waals surface area contributed by atoms with Gasteiger partial charge in [0.05, 0.1) is 0 Å². The van der Waals surface area contributed by atoms with Gasteiger partial charge in [-0.25, -0.2) is 0 Å². The fourth-order valence-electron chi connectivity index (χ4n) is 1.87. The van der Waals surface area contributed by atoms with Gasteiger partial charge in [-0.05, 0) is 42.9 Å². The molecule has 0 bridgehead atoms. The lowest BCUT2D eigenvalue weighted by atomic mass is 9.83. The molecule has 0 heterocycles. The maximum atomic E-state index is 2.49. The van der Waals surface area contributed by atoms with Gasteiger partial charge in [-0.1, -0.05) is 61.6 Å². The van der Waals surface area contributed by atoms with E-state index in [1.807, 2.05) is 0 Å². The number of hydrogen-bond donors (Lipinski definition) is 0. The summed E-state index contributed by atoms with van der Waals surface area (Å²) in [5.74, 6) is 0. The van der Waals surface area contributed by atoms with Crippen LogP contribution < -0.4 is 0 Å². The third-order valence-electron chi connectivity index (χ3n) is 2.72. The van der Waals surface area contributed by atoms with Gasteiger partial charge in [0, 0.05) is 3.42 Å². The first-order chi connectivity index (χ1) is 6.62. The van der Waals surface area contributed by atoms with Gasteiger partial charge in [0.25, 0.3) is 0 Å². The normalized spacial score (nSPS) is 13.0. The third kappa shape index (κ3) is 3.20. The Labute approximate surface area is 108 Å². The van der Waals surface area contributed by atoms with Crippen LogP contribution in [-0.4, -0.2) is 0 Å². The van der Waals surface area contributed by atoms with E-state index in [-0.39, 0.29) is 8.84 Å². The molecular formula is C14H21I. The molecule has 0 nitrogen and oxygen atoms in total. The molecule has 1 aromatic rings. The van der Waals surface area contributed by atoms with Gasteiger partial charge in [-0.2, -0.15) is 0 Å². The lowest BCUT2D eigenvalue weighted by molar-refractivity contribution is 0.585. The molecule has 0 aliphatic rings. The summed E-state index contributed by atoms with van der Waals surface area (Å²) in [6.07, 6.45) is 0. The largest absolute Gasteiger partial charge is 0.0743 e. The highest BCUT2D eigenvalue weighted by molar-refractivity contribution is 14.1. The van der Waals surface area contributed by atoms with Crippen molar-refractivity contribution in [1.82, 2.24) is 0 Å². The van der Waals surface area contributed by atoms with E-state index in [0.29, 0.717) is 0 Å². The Morgan fingerprint density at radius 2 is 1.53 bits per heavy atom. The number of rotatable bonds is 1. The average molecular weight is 316 g/mol. The van der Waals surface area contributed by atoms with E-state index in [1.54, 1.807) is 0 Å². The van der Waals surface area contributed by atoms with Crippen LogP contribution in [0, 0.1) is 6.92 Å². The monoisotopic (exact) mass is 316 g/mol. The highest BCUT2D eigenvalue weighted by atomic mass is 127. The highest BCUT2D eigenvalue weighted by Crippen LogP contribution is 2.34. The third-order valence-corrected chi connectivity index (χ3v) is 3.34. The Kier molecular flexibility index (Phi) is 3.54. The maximum absolute atomic E-state index is 2.49. The van der Waals surface area contributed by atoms with E-state index in [2.05, 4.69) is 82.3 Å². The van der Waals surface area contributed by atoms with Crippen LogP contribution in [-0.2, 0) is 8.84 Å². The van der Waals surface area contributed by atoms with E-state index in [0.717, 1.165) is 0 Å². The summed E-state index contributed by atoms with van der Waals surface area (Å²) < 4.78 is 0.221. The summed E-state index contributed by atoms with van der Waals surface area (Å²) >= 11 is 2.49. The SMILES string of the molecule is Cc1cc(C(C)(C)I)ccc1C(C)(C)C. The van der Waals surface area contributed by atoms with Gasteiger partial charge in [0.2, 0.25) is 0 Å². The second-order valence-corrected chi connectivity index (χ2v) is 8.45. The van der Waals surface area contributed by atoms with E-state index in [1.165, 1.54) is 16.7 Å². The van der Waals surface area contributed by atoms with Crippen molar-refractivity contribution in [1.29, 1.82) is 0 Å². The Morgan fingerprint density at radius 1 is 1.00 bits per heavy atom. The van der Waals surface area contributed by atoms with Gasteiger partial charge in [0.1, 0.15) is 0 Å². The van der Waals surface area contributed by atoms with Crippen LogP contribution in [0.5, 0.6) is 0 Å². The summed E-state index contributed by atoms with van der Waals surface area (Å²) in [5.41, 5.74) is 4.52. The second-order valence-electron chi connectivity index (χ2n) is 5.75. The topological polar surface area (TPSA) is 0 Å². The molecule has 1 rings (SSSR count). The van der Waals surface area contributed by atoms with E-state index in [4.69, 9.17) is 0 Å². The zero-order chi connectivity index (χ0) is 11.9. The smallest absolute Gasteiger partial charge is 0.0414 e. The molecule has 0 unspecified atom stereocenters. The molecule has 0 atom stereocenters. The molecule has 0 amide bonds. The second kappa shape index (κ2) is 4.08. The molecule has 0 aliphatic carbocycles. The zero-order valence-corrected chi connectivity index (χ0v) is 12.8. The van der Waals surface area contributed by atoms with Gasteiger partial charge in [-0.3, -0.25) is 0 Å². The van der Waals surface area contributed by atoms with Crippen LogP contribution in [0.4, 0.5) is 0 Å². The Bertz CT molecular complexity index is 351. The van der Waals surface area contributed by atoms with Crippen molar-refractivity contribution in [2.45, 2.75) is 50.4 Å². The molecule has 1 heteroatoms. The first kappa shape index (κ1) is 13.0. The molecule has 0 spiro atoms. The highest BCUT2D eigenvalue weighted by Gasteiger charge is 2.20. The Morgan fingerprint density at radius 3 is 1.87 bits per heavy atom. The fourth-order valence-corrected chi connectivity index (χ4v) is 2.21. The summed E-state index contributed by atoms with van der Waals surface area (Å²) in [6, 6.07) is 6.87. The maximum Gasteiger partial charge on any atom is 0.0414 e. The lowest BCUT2D eigenvalue weighted by Gasteiger charge is -2.24. The molecule has 0 radical (unpaired) electrons. The molecule has 15 heavy (non-hydrogen) atoms. The molecule has 0 saturated heterocycles. The van der Waals surface area contributed by atoms with Gasteiger partial charge < -0.3 is 0 Å². The average Bonchev–Trinajstić information content (AvgIpc) is 1.99. The van der Waals surface area contributed by atoms with Crippen molar-refractivity contribution >= 4 is 22.6 Å². The molecule has 84 valence electrons. The van der Waals surface area contributed by atoms with E-state index in [9.17, 15) is 0 Å². The van der Waals surface area contributed by atoms with Crippen LogP contribution >= 0.6 is 22.6 Å². The number of benzene rings is 1. The fraction of sp³-hybridized carbons (Fsp3) is 0.571. The minimum absolute atomic E-state index is 0.221. The molecule has 0 saturated carbocycles. The van der Waals surface area contributed by atoms with E-state index < -0.39 is 0 Å². The van der Waals surface area contributed by atoms with Gasteiger partial charge >= 0.3 is 0 Å². The van der Waals surface area contributed by atoms with Gasteiger partial charge in [-0.15, -0.1) is 0 Å². The molecular weight excluding hydrogens is 295 g/mol. The van der Waals surface area contributed by atoms with Crippen LogP contribution in [0.3, 0.4) is 0 Å². The van der Waals surface area contributed by atoms with Crippen molar-refractivity contribution in [3.8, 4) is 0 Å². The minimum Gasteiger partial charge on any atom is -0.0743 e. The predicted molar refractivity (Wildman–Crippen MR) is 76.9 cm³/mol. The van der Waals surface area contributed by atoms with E-state index >= 15 is 0 Å². The quantitative estimate of drug-likeness (QED) is 0.507. The Balaban J connectivity index is 3.21. The van der Waals surface area contributed by atoms with Crippen molar-refractivity contribution in [3.05, 3.63) is 34.9 Å². The first-order valence-corrected chi connectivity index (χ1v) is 6.51. The van der Waals surface area contributed by atoms with Crippen molar-refractivity contribution in [2.75, 3.05) is 0 Å². The van der Waals surface area contributed by atoms with Crippen LogP contribution in [0.2, 0.25) is 0 Å². The van der Waals surface area contributed by atoms with Crippen molar-refractivity contribution in [3.63, 3.8) is 0 Å². The minimum atomic E-state index is 0.221. The lowest BCUT2D eigenvalue weighted by Crippen LogP contribution is -2.15. The number of alkyl halides is 1. The summed E-state index contributed by atoms with van der Waals surface area (Å²) in [4.78, 5) is 0. The standard InChI is InChI=1S/C14H21I/c1-10-9-11(14(5,6)15)7-8-12(10)13(2,3)4/h7-9H,1-6H3. The summed E-state index contributed by atoms with van der Waals surface area (Å²) in [7, 11) is 0. The van der Waals surface area contributed by atoms with Crippen LogP contribution in [0.1, 0.15) is 51.3 Å². The van der Waals surface area contributed by atoms with Crippen molar-refractivity contribution < 1.29 is 0 Å². The first-order valence-electron chi connectivity index (χ1n) is 5.43. The summed E-state index contributed by atoms with van der Waals surface area (Å²) in [6.45, 7) is 13.5. The number of hydrogen-bond acceptors (Lipinski definition) is 0. The number of halogens is 1. The molecule has 0 fully saturated rings. The molecule has 1 aromatic carbocycles. The van der Waals surface area contributed by atoms with Crippen LogP contribution in [0.25, 0.3) is 0 Å². The summed E-state index contributed by atoms with van der Waals surface area (Å²) in [5, 5.41) is 0. The molecule has 0 aliphatic heterocycles. The van der Waals surface area contributed by atoms with Crippen molar-refractivity contribution in [2.24, 2.45) is 0 Å². The zero-order valence-electron chi connectivity index (χ0n) is 10.6. The number of aryl methyl sites for hydroxylation is 1. The van der Waals surface area contributed by atoms with Crippen LogP contribution in [0.15, 0.2) is 18.2 Å². The molecule has 0 N–H and O–H groups in total. The van der Waals surface area contributed by atoms with Gasteiger partial charge in [0.15, 0.2) is 0 Å². The Hall–Kier alpha value is -0.0500. The predicted octanol–water partition coefficient (Wildman–Crippen LogP) is 4.96. The molecule has 0 aromatic heterocycles.